The Kier molecular flexibility index (Phi) is 3.48. The summed E-state index contributed by atoms with van der Waals surface area (Å²) in [5.74, 6) is 0.687. The first kappa shape index (κ1) is 12.6. The van der Waals surface area contributed by atoms with Gasteiger partial charge in [0.05, 0.1) is 12.7 Å². The Morgan fingerprint density at radius 3 is 2.89 bits per heavy atom. The number of benzene rings is 1. The number of hydrogen-bond acceptors (Lipinski definition) is 2. The van der Waals surface area contributed by atoms with Crippen LogP contribution < -0.4 is 0 Å². The summed E-state index contributed by atoms with van der Waals surface area (Å²) in [4.78, 5) is 0. The molecule has 1 aliphatic heterocycles. The minimum Gasteiger partial charge on any atom is -0.396 e. The third-order valence-electron chi connectivity index (χ3n) is 4.31. The fourth-order valence-electron chi connectivity index (χ4n) is 3.21. The SMILES string of the molecule is OCC1(Cc2cccc(Br)c2)CCOC1C1CC1. The number of ether oxygens (including phenoxy) is 1. The minimum atomic E-state index is -0.0536. The van der Waals surface area contributed by atoms with Crippen LogP contribution in [0.5, 0.6) is 0 Å². The highest BCUT2D eigenvalue weighted by molar-refractivity contribution is 9.10. The highest BCUT2D eigenvalue weighted by Gasteiger charge is 2.50. The Morgan fingerprint density at radius 2 is 2.22 bits per heavy atom. The highest BCUT2D eigenvalue weighted by atomic mass is 79.9. The maximum atomic E-state index is 9.90. The van der Waals surface area contributed by atoms with Crippen LogP contribution in [0.15, 0.2) is 28.7 Å². The molecule has 0 bridgehead atoms. The predicted molar refractivity (Wildman–Crippen MR) is 74.4 cm³/mol. The number of halogens is 1. The van der Waals surface area contributed by atoms with Crippen molar-refractivity contribution in [2.45, 2.75) is 31.8 Å². The molecule has 98 valence electrons. The second kappa shape index (κ2) is 4.95. The fraction of sp³-hybridized carbons (Fsp3) is 0.600. The van der Waals surface area contributed by atoms with Crippen LogP contribution in [0.3, 0.4) is 0 Å². The molecule has 1 saturated heterocycles. The van der Waals surface area contributed by atoms with E-state index in [9.17, 15) is 5.11 Å². The van der Waals surface area contributed by atoms with Gasteiger partial charge >= 0.3 is 0 Å². The van der Waals surface area contributed by atoms with E-state index in [1.54, 1.807) is 0 Å². The molecular formula is C15H19BrO2. The second-order valence-electron chi connectivity index (χ2n) is 5.71. The molecule has 0 radical (unpaired) electrons. The zero-order chi connectivity index (χ0) is 12.6. The van der Waals surface area contributed by atoms with Gasteiger partial charge < -0.3 is 9.84 Å². The van der Waals surface area contributed by atoms with Crippen LogP contribution in [0.25, 0.3) is 0 Å². The van der Waals surface area contributed by atoms with E-state index in [4.69, 9.17) is 4.74 Å². The molecule has 0 spiro atoms. The lowest BCUT2D eigenvalue weighted by molar-refractivity contribution is 0.000580. The number of hydrogen-bond donors (Lipinski definition) is 1. The van der Waals surface area contributed by atoms with Crippen molar-refractivity contribution in [3.63, 3.8) is 0 Å². The first-order valence-corrected chi connectivity index (χ1v) is 7.50. The summed E-state index contributed by atoms with van der Waals surface area (Å²) in [5.41, 5.74) is 1.23. The van der Waals surface area contributed by atoms with E-state index in [-0.39, 0.29) is 18.1 Å². The summed E-state index contributed by atoms with van der Waals surface area (Å²) >= 11 is 3.51. The number of aliphatic hydroxyl groups excluding tert-OH is 1. The van der Waals surface area contributed by atoms with Crippen LogP contribution in [0.1, 0.15) is 24.8 Å². The number of rotatable bonds is 4. The van der Waals surface area contributed by atoms with Crippen LogP contribution in [0.4, 0.5) is 0 Å². The molecule has 3 heteroatoms. The van der Waals surface area contributed by atoms with Crippen molar-refractivity contribution < 1.29 is 9.84 Å². The standard InChI is InChI=1S/C15H19BrO2/c16-13-3-1-2-11(8-13)9-15(10-17)6-7-18-14(15)12-4-5-12/h1-3,8,12,14,17H,4-7,9-10H2. The van der Waals surface area contributed by atoms with Crippen LogP contribution in [-0.2, 0) is 11.2 Å². The molecule has 3 rings (SSSR count). The summed E-state index contributed by atoms with van der Waals surface area (Å²) in [6.07, 6.45) is 4.71. The third-order valence-corrected chi connectivity index (χ3v) is 4.80. The van der Waals surface area contributed by atoms with Crippen molar-refractivity contribution in [1.29, 1.82) is 0 Å². The quantitative estimate of drug-likeness (QED) is 0.925. The molecule has 1 heterocycles. The lowest BCUT2D eigenvalue weighted by Crippen LogP contribution is -2.38. The van der Waals surface area contributed by atoms with Gasteiger partial charge in [-0.25, -0.2) is 0 Å². The highest BCUT2D eigenvalue weighted by Crippen LogP contribution is 2.49. The van der Waals surface area contributed by atoms with E-state index in [0.29, 0.717) is 5.92 Å². The van der Waals surface area contributed by atoms with Gasteiger partial charge in [0.15, 0.2) is 0 Å². The zero-order valence-electron chi connectivity index (χ0n) is 10.4. The van der Waals surface area contributed by atoms with Gasteiger partial charge in [0.2, 0.25) is 0 Å². The minimum absolute atomic E-state index is 0.0536. The van der Waals surface area contributed by atoms with Gasteiger partial charge in [0.25, 0.3) is 0 Å². The van der Waals surface area contributed by atoms with Crippen molar-refractivity contribution >= 4 is 15.9 Å². The third kappa shape index (κ3) is 2.36. The Morgan fingerprint density at radius 1 is 1.39 bits per heavy atom. The average Bonchev–Trinajstić information content (AvgIpc) is 3.12. The molecule has 0 aromatic heterocycles. The predicted octanol–water partition coefficient (Wildman–Crippen LogP) is 3.17. The van der Waals surface area contributed by atoms with Crippen LogP contribution >= 0.6 is 15.9 Å². The smallest absolute Gasteiger partial charge is 0.0685 e. The van der Waals surface area contributed by atoms with Gasteiger partial charge in [-0.2, -0.15) is 0 Å². The maximum Gasteiger partial charge on any atom is 0.0685 e. The fourth-order valence-corrected chi connectivity index (χ4v) is 3.66. The first-order valence-electron chi connectivity index (χ1n) is 6.70. The van der Waals surface area contributed by atoms with E-state index < -0.39 is 0 Å². The van der Waals surface area contributed by atoms with Gasteiger partial charge in [-0.3, -0.25) is 0 Å². The lowest BCUT2D eigenvalue weighted by atomic mass is 9.75. The van der Waals surface area contributed by atoms with Crippen molar-refractivity contribution in [3.05, 3.63) is 34.3 Å². The summed E-state index contributed by atoms with van der Waals surface area (Å²) in [6.45, 7) is 1.04. The normalized spacial score (nSPS) is 31.8. The van der Waals surface area contributed by atoms with Crippen LogP contribution in [-0.4, -0.2) is 24.4 Å². The van der Waals surface area contributed by atoms with Crippen LogP contribution in [0, 0.1) is 11.3 Å². The van der Waals surface area contributed by atoms with Gasteiger partial charge in [-0.15, -0.1) is 0 Å². The average molecular weight is 311 g/mol. The zero-order valence-corrected chi connectivity index (χ0v) is 12.0. The maximum absolute atomic E-state index is 9.90. The molecule has 1 aliphatic carbocycles. The Hall–Kier alpha value is -0.380. The summed E-state index contributed by atoms with van der Waals surface area (Å²) in [5, 5.41) is 9.90. The van der Waals surface area contributed by atoms with Crippen LogP contribution in [0.2, 0.25) is 0 Å². The molecule has 2 fully saturated rings. The van der Waals surface area contributed by atoms with E-state index in [0.717, 1.165) is 23.9 Å². The van der Waals surface area contributed by atoms with Gasteiger partial charge in [-0.1, -0.05) is 28.1 Å². The Bertz CT molecular complexity index is 430. The topological polar surface area (TPSA) is 29.5 Å². The Labute approximate surface area is 116 Å². The molecule has 2 nitrogen and oxygen atoms in total. The van der Waals surface area contributed by atoms with E-state index in [1.165, 1.54) is 18.4 Å². The molecule has 1 aromatic rings. The molecule has 2 unspecified atom stereocenters. The van der Waals surface area contributed by atoms with Gasteiger partial charge in [0, 0.05) is 16.5 Å². The second-order valence-corrected chi connectivity index (χ2v) is 6.62. The molecule has 1 N–H and O–H groups in total. The molecule has 2 aliphatic rings. The summed E-state index contributed by atoms with van der Waals surface area (Å²) in [7, 11) is 0. The molecule has 1 saturated carbocycles. The molecule has 18 heavy (non-hydrogen) atoms. The van der Waals surface area contributed by atoms with Crippen molar-refractivity contribution in [3.8, 4) is 0 Å². The largest absolute Gasteiger partial charge is 0.396 e. The van der Waals surface area contributed by atoms with Gasteiger partial charge in [0.1, 0.15) is 0 Å². The lowest BCUT2D eigenvalue weighted by Gasteiger charge is -2.32. The number of aliphatic hydroxyl groups is 1. The van der Waals surface area contributed by atoms with E-state index in [1.807, 2.05) is 6.07 Å². The molecule has 0 amide bonds. The van der Waals surface area contributed by atoms with Crippen molar-refractivity contribution in [1.82, 2.24) is 0 Å². The first-order chi connectivity index (χ1) is 8.73. The Balaban J connectivity index is 1.82. The summed E-state index contributed by atoms with van der Waals surface area (Å²) < 4.78 is 7.02. The van der Waals surface area contributed by atoms with Gasteiger partial charge in [-0.05, 0) is 49.3 Å². The van der Waals surface area contributed by atoms with E-state index in [2.05, 4.69) is 34.1 Å². The molecular weight excluding hydrogens is 292 g/mol. The summed E-state index contributed by atoms with van der Waals surface area (Å²) in [6, 6.07) is 8.40. The van der Waals surface area contributed by atoms with Crippen molar-refractivity contribution in [2.24, 2.45) is 11.3 Å². The molecule has 1 aromatic carbocycles. The van der Waals surface area contributed by atoms with E-state index >= 15 is 0 Å². The van der Waals surface area contributed by atoms with Crippen molar-refractivity contribution in [2.75, 3.05) is 13.2 Å². The monoisotopic (exact) mass is 310 g/mol. The molecule has 2 atom stereocenters.